The van der Waals surface area contributed by atoms with Crippen LogP contribution in [-0.2, 0) is 10.0 Å². The second-order valence-corrected chi connectivity index (χ2v) is 12.2. The molecule has 12 nitrogen and oxygen atoms in total. The molecule has 6 rings (SSSR count). The van der Waals surface area contributed by atoms with Gasteiger partial charge in [0.2, 0.25) is 10.0 Å². The fourth-order valence-corrected chi connectivity index (χ4v) is 6.87. The molecule has 1 fully saturated rings. The number of methoxy groups -OCH3 is 2. The van der Waals surface area contributed by atoms with Gasteiger partial charge in [-0.2, -0.15) is 14.5 Å². The Kier molecular flexibility index (Phi) is 7.59. The molecule has 0 atom stereocenters. The molecule has 0 bridgehead atoms. The molecule has 13 heteroatoms. The molecule has 1 saturated heterocycles. The van der Waals surface area contributed by atoms with Crippen molar-refractivity contribution < 1.29 is 22.7 Å². The molecule has 2 aromatic carbocycles. The number of benzene rings is 2. The third-order valence-corrected chi connectivity index (χ3v) is 9.57. The van der Waals surface area contributed by atoms with Gasteiger partial charge in [0.1, 0.15) is 27.8 Å². The van der Waals surface area contributed by atoms with Gasteiger partial charge in [0, 0.05) is 43.5 Å². The molecule has 43 heavy (non-hydrogen) atoms. The van der Waals surface area contributed by atoms with Gasteiger partial charge in [-0.1, -0.05) is 17.7 Å². The minimum atomic E-state index is -3.79. The second-order valence-electron chi connectivity index (χ2n) is 10.3. The van der Waals surface area contributed by atoms with Crippen molar-refractivity contribution >= 4 is 27.4 Å². The number of aryl methyl sites for hydroxylation is 1. The van der Waals surface area contributed by atoms with Crippen LogP contribution in [0.2, 0.25) is 0 Å². The Morgan fingerprint density at radius 2 is 1.79 bits per heavy atom. The van der Waals surface area contributed by atoms with Crippen LogP contribution in [0.3, 0.4) is 0 Å². The van der Waals surface area contributed by atoms with E-state index in [1.54, 1.807) is 39.8 Å². The van der Waals surface area contributed by atoms with E-state index in [1.807, 2.05) is 37.3 Å². The van der Waals surface area contributed by atoms with E-state index in [0.717, 1.165) is 16.9 Å². The first kappa shape index (κ1) is 28.4. The van der Waals surface area contributed by atoms with Crippen LogP contribution in [0.15, 0.2) is 78.1 Å². The number of anilines is 1. The van der Waals surface area contributed by atoms with Crippen LogP contribution < -0.4 is 14.8 Å². The molecular weight excluding hydrogens is 570 g/mol. The number of nitrogens with one attached hydrogen (secondary N) is 1. The highest BCUT2D eigenvalue weighted by Gasteiger charge is 2.33. The van der Waals surface area contributed by atoms with Crippen molar-refractivity contribution in [3.05, 3.63) is 90.0 Å². The zero-order valence-corrected chi connectivity index (χ0v) is 24.8. The van der Waals surface area contributed by atoms with Crippen LogP contribution in [0.1, 0.15) is 40.4 Å². The van der Waals surface area contributed by atoms with Crippen molar-refractivity contribution in [1.29, 1.82) is 0 Å². The lowest BCUT2D eigenvalue weighted by atomic mass is 9.95. The van der Waals surface area contributed by atoms with E-state index in [0.29, 0.717) is 48.7 Å². The Balaban J connectivity index is 1.25. The topological polar surface area (TPSA) is 133 Å². The van der Waals surface area contributed by atoms with Gasteiger partial charge in [0.15, 0.2) is 5.65 Å². The molecule has 0 radical (unpaired) electrons. The number of amides is 1. The summed E-state index contributed by atoms with van der Waals surface area (Å²) in [5, 5.41) is 12.1. The summed E-state index contributed by atoms with van der Waals surface area (Å²) in [5.74, 6) is 0.879. The van der Waals surface area contributed by atoms with Gasteiger partial charge < -0.3 is 14.8 Å². The highest BCUT2D eigenvalue weighted by Crippen LogP contribution is 2.35. The van der Waals surface area contributed by atoms with E-state index in [-0.39, 0.29) is 22.5 Å². The van der Waals surface area contributed by atoms with Gasteiger partial charge in [-0.3, -0.25) is 4.79 Å². The number of carbonyl (C=O) groups is 1. The predicted molar refractivity (Wildman–Crippen MR) is 160 cm³/mol. The lowest BCUT2D eigenvalue weighted by molar-refractivity contribution is 0.102. The predicted octanol–water partition coefficient (Wildman–Crippen LogP) is 4.06. The number of fused-ring (bicyclic) bond motifs is 1. The zero-order chi connectivity index (χ0) is 30.1. The molecular formula is C30H31N7O5S. The molecule has 1 aliphatic heterocycles. The largest absolute Gasteiger partial charge is 0.497 e. The number of aromatic nitrogens is 5. The normalized spacial score (nSPS) is 14.6. The van der Waals surface area contributed by atoms with Crippen LogP contribution in [0.5, 0.6) is 11.5 Å². The molecule has 0 aliphatic carbocycles. The summed E-state index contributed by atoms with van der Waals surface area (Å²) in [5.41, 5.74) is 3.45. The maximum absolute atomic E-state index is 13.5. The number of ether oxygens (including phenoxy) is 2. The lowest BCUT2D eigenvalue weighted by Crippen LogP contribution is -2.38. The van der Waals surface area contributed by atoms with Crippen molar-refractivity contribution in [2.45, 2.75) is 30.6 Å². The van der Waals surface area contributed by atoms with Gasteiger partial charge >= 0.3 is 0 Å². The van der Waals surface area contributed by atoms with Crippen LogP contribution in [0, 0.1) is 6.92 Å². The van der Waals surface area contributed by atoms with Gasteiger partial charge in [-0.05, 0) is 50.1 Å². The van der Waals surface area contributed by atoms with Crippen molar-refractivity contribution in [3.8, 4) is 17.2 Å². The van der Waals surface area contributed by atoms with E-state index >= 15 is 0 Å². The quantitative estimate of drug-likeness (QED) is 0.282. The van der Waals surface area contributed by atoms with Gasteiger partial charge in [0.25, 0.3) is 5.91 Å². The summed E-state index contributed by atoms with van der Waals surface area (Å²) in [6, 6.07) is 16.1. The SMILES string of the molecule is COc1ccc(S(=O)(=O)N2CCC(c3cc(NC(=O)c4cnn5cccnc45)n(-c4ccc(C)cc4)n3)CC2)c(OC)c1. The smallest absolute Gasteiger partial charge is 0.262 e. The van der Waals surface area contributed by atoms with Gasteiger partial charge in [0.05, 0.1) is 31.8 Å². The number of rotatable bonds is 8. The number of piperidine rings is 1. The molecule has 5 aromatic rings. The van der Waals surface area contributed by atoms with E-state index in [1.165, 1.54) is 30.8 Å². The van der Waals surface area contributed by atoms with Crippen LogP contribution in [-0.4, -0.2) is 70.3 Å². The number of nitrogens with zero attached hydrogens (tertiary/aromatic N) is 6. The Hall–Kier alpha value is -4.75. The van der Waals surface area contributed by atoms with Crippen LogP contribution in [0.25, 0.3) is 11.3 Å². The Bertz CT molecular complexity index is 1890. The molecule has 0 saturated carbocycles. The lowest BCUT2D eigenvalue weighted by Gasteiger charge is -2.30. The monoisotopic (exact) mass is 601 g/mol. The summed E-state index contributed by atoms with van der Waals surface area (Å²) in [6.07, 6.45) is 5.95. The highest BCUT2D eigenvalue weighted by molar-refractivity contribution is 7.89. The minimum Gasteiger partial charge on any atom is -0.497 e. The summed E-state index contributed by atoms with van der Waals surface area (Å²) in [6.45, 7) is 2.63. The van der Waals surface area contributed by atoms with E-state index < -0.39 is 10.0 Å². The second kappa shape index (κ2) is 11.5. The van der Waals surface area contributed by atoms with Crippen molar-refractivity contribution in [2.24, 2.45) is 0 Å². The first-order valence-corrected chi connectivity index (χ1v) is 15.2. The average molecular weight is 602 g/mol. The summed E-state index contributed by atoms with van der Waals surface area (Å²) >= 11 is 0. The molecule has 4 heterocycles. The first-order chi connectivity index (χ1) is 20.8. The van der Waals surface area contributed by atoms with Crippen LogP contribution in [0.4, 0.5) is 5.82 Å². The standard InChI is InChI=1S/C30H31N7O5S/c1-20-5-7-22(8-6-20)37-28(33-30(38)24-19-32-36-14-4-13-31-29(24)36)18-25(34-37)21-11-15-35(16-12-21)43(39,40)27-10-9-23(41-2)17-26(27)42-3/h4-10,13-14,17-19,21H,11-12,15-16H2,1-3H3,(H,33,38). The van der Waals surface area contributed by atoms with E-state index in [9.17, 15) is 13.2 Å². The van der Waals surface area contributed by atoms with Crippen molar-refractivity contribution in [3.63, 3.8) is 0 Å². The minimum absolute atomic E-state index is 0.00907. The summed E-state index contributed by atoms with van der Waals surface area (Å²) in [4.78, 5) is 17.7. The fourth-order valence-electron chi connectivity index (χ4n) is 5.26. The molecule has 3 aromatic heterocycles. The van der Waals surface area contributed by atoms with Crippen molar-refractivity contribution in [2.75, 3.05) is 32.6 Å². The fraction of sp³-hybridized carbons (Fsp3) is 0.267. The number of hydrogen-bond donors (Lipinski definition) is 1. The molecule has 0 spiro atoms. The van der Waals surface area contributed by atoms with Crippen molar-refractivity contribution in [1.82, 2.24) is 28.7 Å². The van der Waals surface area contributed by atoms with Gasteiger partial charge in [-0.25, -0.2) is 22.6 Å². The molecule has 0 unspecified atom stereocenters. The third kappa shape index (κ3) is 5.44. The van der Waals surface area contributed by atoms with Crippen LogP contribution >= 0.6 is 0 Å². The molecule has 1 amide bonds. The molecule has 1 aliphatic rings. The summed E-state index contributed by atoms with van der Waals surface area (Å²) in [7, 11) is -0.835. The third-order valence-electron chi connectivity index (χ3n) is 7.63. The van der Waals surface area contributed by atoms with Gasteiger partial charge in [-0.15, -0.1) is 0 Å². The average Bonchev–Trinajstić information content (AvgIpc) is 3.66. The highest BCUT2D eigenvalue weighted by atomic mass is 32.2. The number of carbonyl (C=O) groups excluding carboxylic acids is 1. The van der Waals surface area contributed by atoms with E-state index in [2.05, 4.69) is 15.4 Å². The number of sulfonamides is 1. The first-order valence-electron chi connectivity index (χ1n) is 13.8. The Labute approximate surface area is 248 Å². The molecule has 1 N–H and O–H groups in total. The number of hydrogen-bond acceptors (Lipinski definition) is 8. The maximum atomic E-state index is 13.5. The Morgan fingerprint density at radius 3 is 2.51 bits per heavy atom. The van der Waals surface area contributed by atoms with E-state index in [4.69, 9.17) is 14.6 Å². The maximum Gasteiger partial charge on any atom is 0.262 e. The Morgan fingerprint density at radius 1 is 1.02 bits per heavy atom. The summed E-state index contributed by atoms with van der Waals surface area (Å²) < 4.78 is 42.4. The molecule has 222 valence electrons. The zero-order valence-electron chi connectivity index (χ0n) is 24.0.